The number of carbonyl (C=O) groups is 3. The van der Waals surface area contributed by atoms with Gasteiger partial charge in [-0.3, -0.25) is 19.4 Å². The first-order chi connectivity index (χ1) is 19.5. The first kappa shape index (κ1) is 27.4. The second-order valence-corrected chi connectivity index (χ2v) is 10.7. The number of hydrogen-bond donors (Lipinski definition) is 2. The van der Waals surface area contributed by atoms with E-state index in [-0.39, 0.29) is 37.1 Å². The van der Waals surface area contributed by atoms with Gasteiger partial charge in [-0.2, -0.15) is 0 Å². The number of thioether (sulfide) groups is 1. The number of carbonyl (C=O) groups excluding carboxylic acids is 3. The number of aliphatic imine (C=N–C) groups is 2. The Morgan fingerprint density at radius 3 is 2.60 bits per heavy atom. The minimum Gasteiger partial charge on any atom is -0.467 e. The summed E-state index contributed by atoms with van der Waals surface area (Å²) in [7, 11) is 0. The number of amides is 3. The lowest BCUT2D eigenvalue weighted by Gasteiger charge is -2.27. The van der Waals surface area contributed by atoms with Crippen LogP contribution in [-0.4, -0.2) is 44.9 Å². The molecule has 2 aromatic carbocycles. The van der Waals surface area contributed by atoms with Crippen molar-refractivity contribution in [1.29, 1.82) is 0 Å². The molecule has 5 rings (SSSR count). The highest BCUT2D eigenvalue weighted by atomic mass is 32.2. The zero-order valence-electron chi connectivity index (χ0n) is 22.4. The monoisotopic (exact) mass is 557 g/mol. The number of aryl methyl sites for hydroxylation is 1. The number of anilines is 1. The summed E-state index contributed by atoms with van der Waals surface area (Å²) in [5.41, 5.74) is 3.36. The smallest absolute Gasteiger partial charge is 0.259 e. The molecule has 0 aliphatic carbocycles. The minimum atomic E-state index is -0.715. The molecule has 2 N–H and O–H groups in total. The van der Waals surface area contributed by atoms with Crippen LogP contribution in [-0.2, 0) is 27.3 Å². The van der Waals surface area contributed by atoms with Crippen LogP contribution >= 0.6 is 11.8 Å². The van der Waals surface area contributed by atoms with E-state index in [0.29, 0.717) is 28.9 Å². The van der Waals surface area contributed by atoms with Crippen LogP contribution in [0.4, 0.5) is 11.4 Å². The van der Waals surface area contributed by atoms with Gasteiger partial charge in [-0.25, -0.2) is 9.89 Å². The van der Waals surface area contributed by atoms with Crippen molar-refractivity contribution >= 4 is 51.9 Å². The Hall–Kier alpha value is -4.18. The zero-order valence-corrected chi connectivity index (χ0v) is 23.2. The fourth-order valence-corrected chi connectivity index (χ4v) is 5.54. The van der Waals surface area contributed by atoms with Gasteiger partial charge in [0.15, 0.2) is 5.17 Å². The van der Waals surface area contributed by atoms with Crippen molar-refractivity contribution in [1.82, 2.24) is 10.2 Å². The summed E-state index contributed by atoms with van der Waals surface area (Å²) >= 11 is 1.25. The molecule has 2 aliphatic rings. The van der Waals surface area contributed by atoms with Crippen molar-refractivity contribution in [2.45, 2.75) is 57.4 Å². The molecule has 0 radical (unpaired) electrons. The summed E-state index contributed by atoms with van der Waals surface area (Å²) in [5, 5.41) is 5.73. The summed E-state index contributed by atoms with van der Waals surface area (Å²) in [5.74, 6) is 0.565. The average Bonchev–Trinajstić information content (AvgIpc) is 3.62. The van der Waals surface area contributed by atoms with E-state index in [1.165, 1.54) is 22.2 Å². The van der Waals surface area contributed by atoms with Gasteiger partial charge in [0.1, 0.15) is 17.6 Å². The van der Waals surface area contributed by atoms with Crippen molar-refractivity contribution in [2.24, 2.45) is 9.98 Å². The molecule has 0 saturated heterocycles. The Morgan fingerprint density at radius 2 is 1.88 bits per heavy atom. The Labute approximate surface area is 237 Å². The molecule has 9 nitrogen and oxygen atoms in total. The Bertz CT molecular complexity index is 1450. The normalized spacial score (nSPS) is 16.5. The van der Waals surface area contributed by atoms with Crippen LogP contribution in [0, 0.1) is 0 Å². The maximum atomic E-state index is 13.6. The molecule has 0 unspecified atom stereocenters. The highest BCUT2D eigenvalue weighted by molar-refractivity contribution is 8.15. The number of nitrogens with zero attached hydrogens (tertiary/aromatic N) is 3. The second-order valence-electron chi connectivity index (χ2n) is 9.50. The van der Waals surface area contributed by atoms with Crippen LogP contribution in [0.5, 0.6) is 0 Å². The van der Waals surface area contributed by atoms with E-state index in [0.717, 1.165) is 17.7 Å². The molecule has 0 fully saturated rings. The molecule has 10 heteroatoms. The number of benzene rings is 2. The number of amidine groups is 2. The van der Waals surface area contributed by atoms with Gasteiger partial charge in [-0.1, -0.05) is 49.9 Å². The van der Waals surface area contributed by atoms with Crippen molar-refractivity contribution in [3.8, 4) is 0 Å². The van der Waals surface area contributed by atoms with Gasteiger partial charge >= 0.3 is 0 Å². The van der Waals surface area contributed by atoms with Gasteiger partial charge in [0.05, 0.1) is 23.7 Å². The van der Waals surface area contributed by atoms with Crippen LogP contribution in [0.3, 0.4) is 0 Å². The minimum absolute atomic E-state index is 0.139. The van der Waals surface area contributed by atoms with Crippen molar-refractivity contribution in [3.05, 3.63) is 83.8 Å². The molecule has 40 heavy (non-hydrogen) atoms. The fourth-order valence-electron chi connectivity index (χ4n) is 4.52. The van der Waals surface area contributed by atoms with E-state index in [1.54, 1.807) is 18.4 Å². The predicted octanol–water partition coefficient (Wildman–Crippen LogP) is 5.05. The Morgan fingerprint density at radius 1 is 1.07 bits per heavy atom. The molecular formula is C30H31N5O4S. The molecule has 2 atom stereocenters. The van der Waals surface area contributed by atoms with E-state index in [2.05, 4.69) is 17.6 Å². The van der Waals surface area contributed by atoms with Crippen LogP contribution < -0.4 is 10.6 Å². The molecule has 3 aromatic rings. The third-order valence-corrected chi connectivity index (χ3v) is 8.09. The molecule has 0 bridgehead atoms. The standard InChI is InChI=1S/C30H31N5O4S/c1-3-19-11-13-20(14-12-19)32-28(37)25(4-2)40-30-34-23-10-6-5-9-22(23)27-33-24(29(38)35(27)30)15-16-26(36)31-18-21-8-7-17-39-21/h5-14,17,24-25H,3-4,15-16,18H2,1-2H3,(H,31,36)(H,32,37)/t24-,25-/m0/s1. The molecule has 206 valence electrons. The molecule has 1 aromatic heterocycles. The quantitative estimate of drug-likeness (QED) is 0.362. The number of para-hydroxylation sites is 1. The van der Waals surface area contributed by atoms with Crippen molar-refractivity contribution in [3.63, 3.8) is 0 Å². The zero-order chi connectivity index (χ0) is 28.1. The predicted molar refractivity (Wildman–Crippen MR) is 157 cm³/mol. The number of hydrogen-bond acceptors (Lipinski definition) is 7. The van der Waals surface area contributed by atoms with E-state index in [1.807, 2.05) is 55.5 Å². The summed E-state index contributed by atoms with van der Waals surface area (Å²) in [6, 6.07) is 18.1. The maximum Gasteiger partial charge on any atom is 0.259 e. The van der Waals surface area contributed by atoms with Gasteiger partial charge in [-0.15, -0.1) is 0 Å². The number of fused-ring (bicyclic) bond motifs is 3. The van der Waals surface area contributed by atoms with Crippen LogP contribution in [0.1, 0.15) is 50.0 Å². The number of nitrogens with one attached hydrogen (secondary N) is 2. The summed E-state index contributed by atoms with van der Waals surface area (Å²) in [6.45, 7) is 4.30. The van der Waals surface area contributed by atoms with Crippen LogP contribution in [0.15, 0.2) is 81.3 Å². The average molecular weight is 558 g/mol. The second kappa shape index (κ2) is 12.3. The highest BCUT2D eigenvalue weighted by Crippen LogP contribution is 2.36. The largest absolute Gasteiger partial charge is 0.467 e. The number of furan rings is 1. The number of rotatable bonds is 10. The van der Waals surface area contributed by atoms with Crippen molar-refractivity contribution < 1.29 is 18.8 Å². The molecule has 2 aliphatic heterocycles. The SMILES string of the molecule is CCc1ccc(NC(=O)[C@H](CC)SC2=Nc3ccccc3C3=N[C@@H](CCC(=O)NCc4ccco4)C(=O)N23)cc1. The van der Waals surface area contributed by atoms with E-state index >= 15 is 0 Å². The van der Waals surface area contributed by atoms with Gasteiger partial charge in [-0.05, 0) is 61.2 Å². The third-order valence-electron chi connectivity index (χ3n) is 6.77. The molecule has 0 saturated carbocycles. The molecular weight excluding hydrogens is 526 g/mol. The summed E-state index contributed by atoms with van der Waals surface area (Å²) in [6.07, 6.45) is 3.41. The molecule has 0 spiro atoms. The fraction of sp³-hybridized carbons (Fsp3) is 0.300. The first-order valence-corrected chi connectivity index (χ1v) is 14.3. The lowest BCUT2D eigenvalue weighted by atomic mass is 10.1. The summed E-state index contributed by atoms with van der Waals surface area (Å²) < 4.78 is 5.25. The van der Waals surface area contributed by atoms with E-state index in [4.69, 9.17) is 14.4 Å². The van der Waals surface area contributed by atoms with E-state index < -0.39 is 11.3 Å². The Kier molecular flexibility index (Phi) is 8.45. The lowest BCUT2D eigenvalue weighted by molar-refractivity contribution is -0.125. The maximum absolute atomic E-state index is 13.6. The van der Waals surface area contributed by atoms with Gasteiger partial charge in [0, 0.05) is 17.7 Å². The highest BCUT2D eigenvalue weighted by Gasteiger charge is 2.42. The van der Waals surface area contributed by atoms with Crippen LogP contribution in [0.25, 0.3) is 0 Å². The van der Waals surface area contributed by atoms with Gasteiger partial charge in [0.2, 0.25) is 11.8 Å². The lowest BCUT2D eigenvalue weighted by Crippen LogP contribution is -2.42. The summed E-state index contributed by atoms with van der Waals surface area (Å²) in [4.78, 5) is 50.2. The van der Waals surface area contributed by atoms with Crippen LogP contribution in [0.2, 0.25) is 0 Å². The van der Waals surface area contributed by atoms with Crippen molar-refractivity contribution in [2.75, 3.05) is 5.32 Å². The topological polar surface area (TPSA) is 116 Å². The first-order valence-electron chi connectivity index (χ1n) is 13.4. The van der Waals surface area contributed by atoms with Gasteiger partial charge < -0.3 is 15.1 Å². The molecule has 3 amide bonds. The molecule has 3 heterocycles. The van der Waals surface area contributed by atoms with Gasteiger partial charge in [0.25, 0.3) is 5.91 Å². The Balaban J connectivity index is 1.29. The van der Waals surface area contributed by atoms with E-state index in [9.17, 15) is 14.4 Å². The third kappa shape index (κ3) is 6.02.